The van der Waals surface area contributed by atoms with E-state index >= 15 is 0 Å². The molecule has 0 bridgehead atoms. The summed E-state index contributed by atoms with van der Waals surface area (Å²) in [5.41, 5.74) is 1.99. The maximum atomic E-state index is 12.0. The van der Waals surface area contributed by atoms with Gasteiger partial charge in [-0.2, -0.15) is 0 Å². The van der Waals surface area contributed by atoms with Crippen LogP contribution >= 0.6 is 22.6 Å². The first-order valence-corrected chi connectivity index (χ1v) is 12.4. The average Bonchev–Trinajstić information content (AvgIpc) is 2.87. The number of aromatic nitrogens is 2. The standard InChI is InChI=1S/C25H28FIN4O5/c1-2-24(32)31-22-15-20-21(28-17-29-25(20)30-19-5-3-4-18(27)14-19)16-23(22)36-13-12-35-11-10-34-9-8-33-7-6-26/h2-5,14-17H,1,6-13H2,(H,31,32)(H,28,29,30). The van der Waals surface area contributed by atoms with Crippen molar-refractivity contribution in [1.29, 1.82) is 0 Å². The van der Waals surface area contributed by atoms with Gasteiger partial charge in [-0.15, -0.1) is 0 Å². The van der Waals surface area contributed by atoms with E-state index in [9.17, 15) is 9.18 Å². The lowest BCUT2D eigenvalue weighted by Crippen LogP contribution is -2.14. The molecule has 0 saturated carbocycles. The Hall–Kier alpha value is -2.87. The van der Waals surface area contributed by atoms with Crippen LogP contribution in [-0.4, -0.2) is 68.8 Å². The Morgan fingerprint density at radius 3 is 2.42 bits per heavy atom. The number of hydrogen-bond donors (Lipinski definition) is 2. The zero-order valence-electron chi connectivity index (χ0n) is 19.7. The van der Waals surface area contributed by atoms with Crippen molar-refractivity contribution in [2.75, 3.05) is 63.6 Å². The normalized spacial score (nSPS) is 10.8. The van der Waals surface area contributed by atoms with Gasteiger partial charge < -0.3 is 29.6 Å². The van der Waals surface area contributed by atoms with E-state index in [1.165, 1.54) is 12.4 Å². The van der Waals surface area contributed by atoms with E-state index in [1.54, 1.807) is 12.1 Å². The van der Waals surface area contributed by atoms with Gasteiger partial charge in [0.1, 0.15) is 31.2 Å². The summed E-state index contributed by atoms with van der Waals surface area (Å²) in [6, 6.07) is 11.4. The first kappa shape index (κ1) is 27.7. The molecule has 0 atom stereocenters. The SMILES string of the molecule is C=CC(=O)Nc1cc2c(Nc3cccc(I)c3)ncnc2cc1OCCOCCOCCOCCF. The maximum absolute atomic E-state index is 12.0. The van der Waals surface area contributed by atoms with Crippen molar-refractivity contribution < 1.29 is 28.1 Å². The van der Waals surface area contributed by atoms with Gasteiger partial charge in [-0.05, 0) is 52.9 Å². The molecule has 0 aliphatic rings. The number of benzene rings is 2. The molecule has 2 aromatic carbocycles. The van der Waals surface area contributed by atoms with Crippen LogP contribution in [0.5, 0.6) is 5.75 Å². The summed E-state index contributed by atoms with van der Waals surface area (Å²) < 4.78 is 34.7. The predicted molar refractivity (Wildman–Crippen MR) is 145 cm³/mol. The fourth-order valence-electron chi connectivity index (χ4n) is 3.09. The van der Waals surface area contributed by atoms with Gasteiger partial charge in [0.25, 0.3) is 0 Å². The summed E-state index contributed by atoms with van der Waals surface area (Å²) in [5, 5.41) is 6.80. The summed E-state index contributed by atoms with van der Waals surface area (Å²) in [6.45, 7) is 5.16. The number of fused-ring (bicyclic) bond motifs is 1. The molecule has 36 heavy (non-hydrogen) atoms. The van der Waals surface area contributed by atoms with Crippen LogP contribution in [0.15, 0.2) is 55.4 Å². The molecule has 0 fully saturated rings. The highest BCUT2D eigenvalue weighted by Crippen LogP contribution is 2.33. The van der Waals surface area contributed by atoms with Crippen LogP contribution < -0.4 is 15.4 Å². The third kappa shape index (κ3) is 8.97. The minimum absolute atomic E-state index is 0.0809. The minimum Gasteiger partial charge on any atom is -0.489 e. The van der Waals surface area contributed by atoms with Gasteiger partial charge in [0.05, 0.1) is 50.8 Å². The molecular weight excluding hydrogens is 582 g/mol. The Labute approximate surface area is 222 Å². The molecule has 1 aromatic heterocycles. The maximum Gasteiger partial charge on any atom is 0.247 e. The molecule has 192 valence electrons. The van der Waals surface area contributed by atoms with Crippen molar-refractivity contribution >= 4 is 56.6 Å². The number of nitrogens with zero attached hydrogens (tertiary/aromatic N) is 2. The van der Waals surface area contributed by atoms with Gasteiger partial charge in [0, 0.05) is 20.7 Å². The van der Waals surface area contributed by atoms with E-state index in [0.29, 0.717) is 61.2 Å². The van der Waals surface area contributed by atoms with E-state index in [0.717, 1.165) is 9.26 Å². The number of nitrogens with one attached hydrogen (secondary N) is 2. The minimum atomic E-state index is -0.503. The molecule has 0 unspecified atom stereocenters. The highest BCUT2D eigenvalue weighted by atomic mass is 127. The van der Waals surface area contributed by atoms with Crippen LogP contribution in [0.3, 0.4) is 0 Å². The average molecular weight is 610 g/mol. The first-order chi connectivity index (χ1) is 17.6. The zero-order chi connectivity index (χ0) is 25.6. The molecule has 3 aromatic rings. The number of ether oxygens (including phenoxy) is 4. The van der Waals surface area contributed by atoms with E-state index in [1.807, 2.05) is 24.3 Å². The number of amides is 1. The molecule has 0 spiro atoms. The number of rotatable bonds is 16. The number of alkyl halides is 1. The van der Waals surface area contributed by atoms with E-state index in [4.69, 9.17) is 18.9 Å². The second-order valence-electron chi connectivity index (χ2n) is 7.29. The number of anilines is 3. The summed E-state index contributed by atoms with van der Waals surface area (Å²) in [6.07, 6.45) is 2.66. The van der Waals surface area contributed by atoms with Crippen LogP contribution in [0.2, 0.25) is 0 Å². The Kier molecular flexibility index (Phi) is 11.8. The first-order valence-electron chi connectivity index (χ1n) is 11.3. The predicted octanol–water partition coefficient (Wildman–Crippen LogP) is 4.50. The lowest BCUT2D eigenvalue weighted by Gasteiger charge is -2.15. The lowest BCUT2D eigenvalue weighted by molar-refractivity contribution is -0.111. The molecule has 1 heterocycles. The molecule has 3 rings (SSSR count). The molecule has 11 heteroatoms. The summed E-state index contributed by atoms with van der Waals surface area (Å²) in [7, 11) is 0. The lowest BCUT2D eigenvalue weighted by atomic mass is 10.1. The molecule has 1 amide bonds. The van der Waals surface area contributed by atoms with Gasteiger partial charge in [0.2, 0.25) is 5.91 Å². The monoisotopic (exact) mass is 610 g/mol. The van der Waals surface area contributed by atoms with Gasteiger partial charge in [0.15, 0.2) is 0 Å². The van der Waals surface area contributed by atoms with Crippen molar-refractivity contribution in [2.24, 2.45) is 0 Å². The largest absolute Gasteiger partial charge is 0.489 e. The number of hydrogen-bond acceptors (Lipinski definition) is 8. The quantitative estimate of drug-likeness (QED) is 0.139. The van der Waals surface area contributed by atoms with Crippen molar-refractivity contribution in [3.05, 3.63) is 59.0 Å². The number of carbonyl (C=O) groups excluding carboxylic acids is 1. The molecule has 0 aliphatic carbocycles. The van der Waals surface area contributed by atoms with E-state index in [2.05, 4.69) is 49.8 Å². The molecule has 0 saturated heterocycles. The topological polar surface area (TPSA) is 104 Å². The van der Waals surface area contributed by atoms with Gasteiger partial charge >= 0.3 is 0 Å². The zero-order valence-corrected chi connectivity index (χ0v) is 21.8. The molecule has 0 radical (unpaired) electrons. The summed E-state index contributed by atoms with van der Waals surface area (Å²) >= 11 is 2.24. The second-order valence-corrected chi connectivity index (χ2v) is 8.54. The molecule has 0 aliphatic heterocycles. The second kappa shape index (κ2) is 15.3. The molecule has 9 nitrogen and oxygen atoms in total. The van der Waals surface area contributed by atoms with Crippen molar-refractivity contribution in [3.8, 4) is 5.75 Å². The summed E-state index contributed by atoms with van der Waals surface area (Å²) in [5.74, 6) is 0.676. The van der Waals surface area contributed by atoms with Crippen molar-refractivity contribution in [1.82, 2.24) is 9.97 Å². The van der Waals surface area contributed by atoms with E-state index in [-0.39, 0.29) is 19.1 Å². The fourth-order valence-corrected chi connectivity index (χ4v) is 3.64. The smallest absolute Gasteiger partial charge is 0.247 e. The highest BCUT2D eigenvalue weighted by Gasteiger charge is 2.13. The van der Waals surface area contributed by atoms with Crippen LogP contribution in [0.25, 0.3) is 10.9 Å². The Bertz CT molecular complexity index is 1150. The van der Waals surface area contributed by atoms with Crippen LogP contribution in [0.4, 0.5) is 21.6 Å². The van der Waals surface area contributed by atoms with Gasteiger partial charge in [-0.3, -0.25) is 4.79 Å². The highest BCUT2D eigenvalue weighted by molar-refractivity contribution is 14.1. The third-order valence-corrected chi connectivity index (χ3v) is 5.39. The Balaban J connectivity index is 1.62. The van der Waals surface area contributed by atoms with Gasteiger partial charge in [-0.25, -0.2) is 14.4 Å². The van der Waals surface area contributed by atoms with Gasteiger partial charge in [-0.1, -0.05) is 12.6 Å². The van der Waals surface area contributed by atoms with Crippen molar-refractivity contribution in [3.63, 3.8) is 0 Å². The molecule has 2 N–H and O–H groups in total. The Morgan fingerprint density at radius 2 is 1.72 bits per heavy atom. The fraction of sp³-hybridized carbons (Fsp3) is 0.320. The Morgan fingerprint density at radius 1 is 1.00 bits per heavy atom. The van der Waals surface area contributed by atoms with Crippen molar-refractivity contribution in [2.45, 2.75) is 0 Å². The van der Waals surface area contributed by atoms with Crippen LogP contribution in [-0.2, 0) is 19.0 Å². The summed E-state index contributed by atoms with van der Waals surface area (Å²) in [4.78, 5) is 20.8. The van der Waals surface area contributed by atoms with E-state index < -0.39 is 6.67 Å². The van der Waals surface area contributed by atoms with Crippen LogP contribution in [0, 0.1) is 3.57 Å². The number of halogens is 2. The van der Waals surface area contributed by atoms with Crippen LogP contribution in [0.1, 0.15) is 0 Å². The third-order valence-electron chi connectivity index (χ3n) is 4.72. The number of carbonyl (C=O) groups is 1. The molecular formula is C25H28FIN4O5.